The molecule has 0 amide bonds. The number of benzene rings is 3. The third-order valence-electron chi connectivity index (χ3n) is 7.16. The molecule has 1 heterocycles. The Morgan fingerprint density at radius 3 is 2.27 bits per heavy atom. The molecule has 9 nitrogen and oxygen atoms in total. The van der Waals surface area contributed by atoms with Gasteiger partial charge in [0.05, 0.1) is 18.3 Å². The predicted octanol–water partition coefficient (Wildman–Crippen LogP) is 4.69. The van der Waals surface area contributed by atoms with Crippen LogP contribution in [0.2, 0.25) is 5.02 Å². The number of carbonyl (C=O) groups is 2. The third-order valence-corrected chi connectivity index (χ3v) is 9.37. The molecule has 2 atom stereocenters. The highest BCUT2D eigenvalue weighted by atomic mass is 35.5. The summed E-state index contributed by atoms with van der Waals surface area (Å²) in [6, 6.07) is 22.5. The number of methoxy groups -OCH3 is 1. The van der Waals surface area contributed by atoms with Gasteiger partial charge in [0.25, 0.3) is 0 Å². The molecule has 5 rings (SSSR count). The molecule has 1 aromatic heterocycles. The highest BCUT2D eigenvalue weighted by Crippen LogP contribution is 2.57. The van der Waals surface area contributed by atoms with Crippen LogP contribution in [-0.2, 0) is 26.1 Å². The molecule has 1 saturated carbocycles. The van der Waals surface area contributed by atoms with Crippen LogP contribution in [0.1, 0.15) is 28.4 Å². The number of sulfonamides is 1. The number of carboxylic acid groups (broad SMARTS) is 1. The molecule has 0 radical (unpaired) electrons. The predicted molar refractivity (Wildman–Crippen MR) is 149 cm³/mol. The van der Waals surface area contributed by atoms with Gasteiger partial charge in [0.15, 0.2) is 5.69 Å². The molecule has 2 unspecified atom stereocenters. The number of imidazole rings is 1. The van der Waals surface area contributed by atoms with Crippen LogP contribution >= 0.6 is 11.6 Å². The maximum absolute atomic E-state index is 14.1. The van der Waals surface area contributed by atoms with Gasteiger partial charge < -0.3 is 14.4 Å². The summed E-state index contributed by atoms with van der Waals surface area (Å²) in [5, 5.41) is 11.0. The Bertz CT molecular complexity index is 1640. The third kappa shape index (κ3) is 5.13. The molecule has 1 aliphatic rings. The number of carbonyl (C=O) groups excluding carboxylic acids is 1. The minimum atomic E-state index is -4.27. The fourth-order valence-electron chi connectivity index (χ4n) is 4.97. The number of halogens is 1. The van der Waals surface area contributed by atoms with Crippen LogP contribution in [0.4, 0.5) is 0 Å². The maximum Gasteiger partial charge on any atom is 0.358 e. The SMILES string of the molecule is COC(=O)c1cn(CCN(C2(C(=O)O)CC2c2ccccc2)S(=O)(=O)c2ccc(-c3ccc(Cl)cc3)cc2)cn1. The molecule has 4 aromatic rings. The molecule has 0 spiro atoms. The zero-order chi connectivity index (χ0) is 28.5. The molecule has 0 bridgehead atoms. The molecule has 206 valence electrons. The van der Waals surface area contributed by atoms with E-state index in [1.165, 1.54) is 36.3 Å². The Kier molecular flexibility index (Phi) is 7.50. The van der Waals surface area contributed by atoms with Crippen LogP contribution in [-0.4, -0.2) is 58.5 Å². The van der Waals surface area contributed by atoms with Crippen molar-refractivity contribution in [3.05, 3.63) is 108 Å². The van der Waals surface area contributed by atoms with E-state index in [4.69, 9.17) is 11.6 Å². The van der Waals surface area contributed by atoms with E-state index in [1.54, 1.807) is 48.5 Å². The quantitative estimate of drug-likeness (QED) is 0.271. The molecule has 1 N–H and O–H groups in total. The Hall–Kier alpha value is -3.99. The van der Waals surface area contributed by atoms with Crippen molar-refractivity contribution in [1.82, 2.24) is 13.9 Å². The van der Waals surface area contributed by atoms with Gasteiger partial charge >= 0.3 is 11.9 Å². The molecule has 0 aliphatic heterocycles. The van der Waals surface area contributed by atoms with Crippen LogP contribution in [0.25, 0.3) is 11.1 Å². The monoisotopic (exact) mass is 579 g/mol. The lowest BCUT2D eigenvalue weighted by Gasteiger charge is -2.29. The Balaban J connectivity index is 1.50. The summed E-state index contributed by atoms with van der Waals surface area (Å²) in [5.74, 6) is -2.37. The highest BCUT2D eigenvalue weighted by Gasteiger charge is 2.67. The van der Waals surface area contributed by atoms with Crippen LogP contribution < -0.4 is 0 Å². The van der Waals surface area contributed by atoms with Crippen molar-refractivity contribution >= 4 is 33.6 Å². The van der Waals surface area contributed by atoms with E-state index in [0.717, 1.165) is 21.0 Å². The Labute approximate surface area is 236 Å². The van der Waals surface area contributed by atoms with E-state index in [0.29, 0.717) is 5.02 Å². The summed E-state index contributed by atoms with van der Waals surface area (Å²) in [6.45, 7) is -0.0868. The van der Waals surface area contributed by atoms with E-state index in [2.05, 4.69) is 9.72 Å². The number of nitrogens with zero attached hydrogens (tertiary/aromatic N) is 3. The number of rotatable bonds is 10. The van der Waals surface area contributed by atoms with Gasteiger partial charge in [0, 0.05) is 30.2 Å². The fourth-order valence-corrected chi connectivity index (χ4v) is 6.86. The second-order valence-electron chi connectivity index (χ2n) is 9.49. The van der Waals surface area contributed by atoms with Gasteiger partial charge in [-0.05, 0) is 47.4 Å². The average Bonchev–Trinajstić information content (AvgIpc) is 3.54. The topological polar surface area (TPSA) is 119 Å². The minimum absolute atomic E-state index is 0.0227. The summed E-state index contributed by atoms with van der Waals surface area (Å²) in [6.07, 6.45) is 2.95. The molecule has 40 heavy (non-hydrogen) atoms. The van der Waals surface area contributed by atoms with E-state index < -0.39 is 33.4 Å². The van der Waals surface area contributed by atoms with Crippen molar-refractivity contribution in [1.29, 1.82) is 0 Å². The van der Waals surface area contributed by atoms with Crippen LogP contribution in [0, 0.1) is 0 Å². The number of hydrogen-bond donors (Lipinski definition) is 1. The standard InChI is InChI=1S/C29H26ClN3O6S/c1-39-27(34)26-18-32(19-31-26)15-16-33(29(28(35)36)17-25(29)22-5-3-2-4-6-22)40(37,38)24-13-9-21(10-14-24)20-7-11-23(30)12-8-20/h2-14,18-19,25H,15-17H2,1H3,(H,35,36). The van der Waals surface area contributed by atoms with Crippen molar-refractivity contribution in [3.63, 3.8) is 0 Å². The van der Waals surface area contributed by atoms with Crippen molar-refractivity contribution < 1.29 is 27.9 Å². The number of ether oxygens (including phenoxy) is 1. The van der Waals surface area contributed by atoms with Gasteiger partial charge in [-0.1, -0.05) is 66.2 Å². The molecule has 1 fully saturated rings. The van der Waals surface area contributed by atoms with Crippen LogP contribution in [0.3, 0.4) is 0 Å². The largest absolute Gasteiger partial charge is 0.480 e. The van der Waals surface area contributed by atoms with Gasteiger partial charge in [-0.2, -0.15) is 4.31 Å². The van der Waals surface area contributed by atoms with Gasteiger partial charge in [-0.15, -0.1) is 0 Å². The second-order valence-corrected chi connectivity index (χ2v) is 11.8. The normalized spacial score (nSPS) is 18.4. The Morgan fingerprint density at radius 2 is 1.68 bits per heavy atom. The number of carboxylic acids is 1. The van der Waals surface area contributed by atoms with Gasteiger partial charge in [0.2, 0.25) is 10.0 Å². The zero-order valence-electron chi connectivity index (χ0n) is 21.5. The van der Waals surface area contributed by atoms with Crippen molar-refractivity contribution in [2.24, 2.45) is 0 Å². The average molecular weight is 580 g/mol. The van der Waals surface area contributed by atoms with Crippen molar-refractivity contribution in [2.75, 3.05) is 13.7 Å². The zero-order valence-corrected chi connectivity index (χ0v) is 23.0. The summed E-state index contributed by atoms with van der Waals surface area (Å²) in [5.41, 5.74) is 0.799. The lowest BCUT2D eigenvalue weighted by molar-refractivity contribution is -0.143. The summed E-state index contributed by atoms with van der Waals surface area (Å²) in [7, 11) is -3.03. The number of esters is 1. The van der Waals surface area contributed by atoms with Crippen LogP contribution in [0.5, 0.6) is 0 Å². The first-order valence-corrected chi connectivity index (χ1v) is 14.3. The molecule has 1 aliphatic carbocycles. The van der Waals surface area contributed by atoms with Gasteiger partial charge in [-0.25, -0.2) is 18.2 Å². The smallest absolute Gasteiger partial charge is 0.358 e. The van der Waals surface area contributed by atoms with Crippen molar-refractivity contribution in [3.8, 4) is 11.1 Å². The first-order valence-electron chi connectivity index (χ1n) is 12.4. The molecular formula is C29H26ClN3O6S. The molecule has 11 heteroatoms. The number of hydrogen-bond acceptors (Lipinski definition) is 6. The number of aliphatic carboxylic acids is 1. The molecule has 3 aromatic carbocycles. The summed E-state index contributed by atoms with van der Waals surface area (Å²) < 4.78 is 35.5. The number of aromatic nitrogens is 2. The van der Waals surface area contributed by atoms with E-state index in [-0.39, 0.29) is 30.1 Å². The second kappa shape index (κ2) is 10.9. The maximum atomic E-state index is 14.1. The van der Waals surface area contributed by atoms with E-state index in [1.807, 2.05) is 18.2 Å². The molecule has 0 saturated heterocycles. The lowest BCUT2D eigenvalue weighted by atomic mass is 10.1. The highest BCUT2D eigenvalue weighted by molar-refractivity contribution is 7.89. The summed E-state index contributed by atoms with van der Waals surface area (Å²) >= 11 is 5.99. The first-order chi connectivity index (χ1) is 19.2. The van der Waals surface area contributed by atoms with Crippen LogP contribution in [0.15, 0.2) is 96.3 Å². The van der Waals surface area contributed by atoms with Gasteiger partial charge in [-0.3, -0.25) is 4.79 Å². The van der Waals surface area contributed by atoms with Crippen molar-refractivity contribution in [2.45, 2.75) is 29.3 Å². The van der Waals surface area contributed by atoms with E-state index in [9.17, 15) is 23.1 Å². The lowest BCUT2D eigenvalue weighted by Crippen LogP contribution is -2.49. The Morgan fingerprint density at radius 1 is 1.05 bits per heavy atom. The molecular weight excluding hydrogens is 554 g/mol. The first kappa shape index (κ1) is 27.6. The van der Waals surface area contributed by atoms with E-state index >= 15 is 0 Å². The summed E-state index contributed by atoms with van der Waals surface area (Å²) in [4.78, 5) is 28.6. The fraction of sp³-hybridized carbons (Fsp3) is 0.207. The van der Waals surface area contributed by atoms with Gasteiger partial charge in [0.1, 0.15) is 5.54 Å². The minimum Gasteiger partial charge on any atom is -0.480 e.